The van der Waals surface area contributed by atoms with E-state index in [0.717, 1.165) is 17.7 Å². The first-order valence-electron chi connectivity index (χ1n) is 7.96. The van der Waals surface area contributed by atoms with Crippen LogP contribution < -0.4 is 11.1 Å². The summed E-state index contributed by atoms with van der Waals surface area (Å²) in [6.07, 6.45) is 2.38. The molecule has 0 spiro atoms. The fraction of sp³-hybridized carbons (Fsp3) is 0.278. The topological polar surface area (TPSA) is 101 Å². The molecule has 0 saturated heterocycles. The van der Waals surface area contributed by atoms with Crippen molar-refractivity contribution in [2.45, 2.75) is 25.5 Å². The molecule has 130 valence electrons. The van der Waals surface area contributed by atoms with Gasteiger partial charge in [-0.2, -0.15) is 0 Å². The van der Waals surface area contributed by atoms with Gasteiger partial charge in [0.1, 0.15) is 5.69 Å². The van der Waals surface area contributed by atoms with Crippen molar-refractivity contribution in [1.29, 1.82) is 0 Å². The average molecular weight is 356 g/mol. The number of aromatic nitrogens is 1. The molecule has 0 aliphatic carbocycles. The zero-order chi connectivity index (χ0) is 17.9. The zero-order valence-corrected chi connectivity index (χ0v) is 14.7. The van der Waals surface area contributed by atoms with Gasteiger partial charge in [-0.1, -0.05) is 30.0 Å². The summed E-state index contributed by atoms with van der Waals surface area (Å²) in [6, 6.07) is 10.9. The van der Waals surface area contributed by atoms with Crippen molar-refractivity contribution in [3.8, 4) is 0 Å². The van der Waals surface area contributed by atoms with Gasteiger partial charge in [0, 0.05) is 17.6 Å². The van der Waals surface area contributed by atoms with Gasteiger partial charge in [-0.15, -0.1) is 0 Å². The molecule has 0 saturated carbocycles. The van der Waals surface area contributed by atoms with Crippen molar-refractivity contribution in [3.05, 3.63) is 59.4 Å². The second-order valence-corrected chi connectivity index (χ2v) is 7.18. The lowest BCUT2D eigenvalue weighted by molar-refractivity contribution is 0.102. The zero-order valence-electron chi connectivity index (χ0n) is 13.9. The average Bonchev–Trinajstić information content (AvgIpc) is 2.62. The van der Waals surface area contributed by atoms with Gasteiger partial charge in [-0.3, -0.25) is 14.8 Å². The van der Waals surface area contributed by atoms with Gasteiger partial charge < -0.3 is 16.2 Å². The molecular weight excluding hydrogens is 336 g/mol. The lowest BCUT2D eigenvalue weighted by Crippen LogP contribution is -2.28. The number of carbonyl (C=O) groups is 1. The Hall–Kier alpha value is -2.38. The molecular formula is C18H20N4O2S. The molecule has 1 aliphatic heterocycles. The highest BCUT2D eigenvalue weighted by atomic mass is 32.2. The highest BCUT2D eigenvalue weighted by Crippen LogP contribution is 2.35. The minimum atomic E-state index is -0.378. The Bertz CT molecular complexity index is 807. The molecule has 7 heteroatoms. The first kappa shape index (κ1) is 17.4. The number of amides is 1. The summed E-state index contributed by atoms with van der Waals surface area (Å²) >= 11 is 1.56. The molecule has 3 rings (SSSR count). The monoisotopic (exact) mass is 356 g/mol. The van der Waals surface area contributed by atoms with Crippen LogP contribution in [0.15, 0.2) is 47.6 Å². The van der Waals surface area contributed by atoms with E-state index in [1.54, 1.807) is 23.9 Å². The Morgan fingerprint density at radius 3 is 2.92 bits per heavy atom. The number of aliphatic hydroxyl groups excluding tert-OH is 1. The van der Waals surface area contributed by atoms with E-state index in [1.165, 1.54) is 6.20 Å². The van der Waals surface area contributed by atoms with E-state index in [4.69, 9.17) is 10.8 Å². The Morgan fingerprint density at radius 1 is 1.40 bits per heavy atom. The fourth-order valence-corrected chi connectivity index (χ4v) is 3.65. The van der Waals surface area contributed by atoms with Crippen molar-refractivity contribution in [3.63, 3.8) is 0 Å². The lowest BCUT2D eigenvalue weighted by atomic mass is 9.89. The summed E-state index contributed by atoms with van der Waals surface area (Å²) in [5.41, 5.74) is 8.16. The Morgan fingerprint density at radius 2 is 2.24 bits per heavy atom. The number of hydrogen-bond donors (Lipinski definition) is 3. The number of aliphatic hydroxyl groups is 1. The van der Waals surface area contributed by atoms with Crippen molar-refractivity contribution in [2.75, 3.05) is 11.1 Å². The normalized spacial score (nSPS) is 20.0. The van der Waals surface area contributed by atoms with Gasteiger partial charge >= 0.3 is 0 Å². The van der Waals surface area contributed by atoms with E-state index in [1.807, 2.05) is 24.3 Å². The predicted octanol–water partition coefficient (Wildman–Crippen LogP) is 2.49. The number of amidine groups is 1. The maximum Gasteiger partial charge on any atom is 0.274 e. The van der Waals surface area contributed by atoms with Crippen LogP contribution in [0.25, 0.3) is 0 Å². The van der Waals surface area contributed by atoms with E-state index < -0.39 is 0 Å². The lowest BCUT2D eigenvalue weighted by Gasteiger charge is -2.30. The highest BCUT2D eigenvalue weighted by molar-refractivity contribution is 8.13. The molecule has 2 aromatic rings. The predicted molar refractivity (Wildman–Crippen MR) is 101 cm³/mol. The third-order valence-corrected chi connectivity index (χ3v) is 4.97. The molecule has 25 heavy (non-hydrogen) atoms. The third-order valence-electron chi connectivity index (χ3n) is 4.18. The van der Waals surface area contributed by atoms with Crippen LogP contribution in [-0.2, 0) is 12.1 Å². The maximum atomic E-state index is 12.3. The van der Waals surface area contributed by atoms with Crippen molar-refractivity contribution in [2.24, 2.45) is 10.7 Å². The third kappa shape index (κ3) is 4.00. The molecule has 2 heterocycles. The molecule has 1 aromatic carbocycles. The minimum absolute atomic E-state index is 0.0997. The van der Waals surface area contributed by atoms with E-state index in [2.05, 4.69) is 22.2 Å². The number of pyridine rings is 1. The van der Waals surface area contributed by atoms with Crippen LogP contribution in [0.3, 0.4) is 0 Å². The summed E-state index contributed by atoms with van der Waals surface area (Å²) in [5, 5.41) is 12.5. The molecule has 1 aromatic heterocycles. The summed E-state index contributed by atoms with van der Waals surface area (Å²) in [5.74, 6) is 0.623. The smallest absolute Gasteiger partial charge is 0.274 e. The van der Waals surface area contributed by atoms with E-state index in [9.17, 15) is 4.79 Å². The fourth-order valence-electron chi connectivity index (χ4n) is 2.67. The number of nitrogens with zero attached hydrogens (tertiary/aromatic N) is 2. The van der Waals surface area contributed by atoms with Crippen LogP contribution in [0.5, 0.6) is 0 Å². The number of carbonyl (C=O) groups excluding carboxylic acids is 1. The molecule has 1 atom stereocenters. The Balaban J connectivity index is 1.79. The molecule has 0 radical (unpaired) electrons. The van der Waals surface area contributed by atoms with Crippen LogP contribution in [0.1, 0.15) is 35.0 Å². The Labute approximate surface area is 150 Å². The van der Waals surface area contributed by atoms with Crippen LogP contribution in [0.2, 0.25) is 0 Å². The van der Waals surface area contributed by atoms with Crippen LogP contribution >= 0.6 is 11.8 Å². The molecule has 0 fully saturated rings. The number of thioether (sulfide) groups is 1. The number of nitrogens with two attached hydrogens (primary N) is 1. The van der Waals surface area contributed by atoms with Gasteiger partial charge in [0.15, 0.2) is 5.17 Å². The van der Waals surface area contributed by atoms with Gasteiger partial charge in [0.05, 0.1) is 12.1 Å². The highest BCUT2D eigenvalue weighted by Gasteiger charge is 2.29. The number of rotatable bonds is 4. The molecule has 1 aliphatic rings. The van der Waals surface area contributed by atoms with Crippen molar-refractivity contribution >= 4 is 28.5 Å². The van der Waals surface area contributed by atoms with Gasteiger partial charge in [-0.25, -0.2) is 0 Å². The van der Waals surface area contributed by atoms with E-state index in [0.29, 0.717) is 22.1 Å². The molecule has 1 amide bonds. The van der Waals surface area contributed by atoms with E-state index >= 15 is 0 Å². The maximum absolute atomic E-state index is 12.3. The summed E-state index contributed by atoms with van der Waals surface area (Å²) in [6.45, 7) is 1.95. The molecule has 6 nitrogen and oxygen atoms in total. The molecule has 4 N–H and O–H groups in total. The number of hydrogen-bond acceptors (Lipinski definition) is 6. The van der Waals surface area contributed by atoms with Gasteiger partial charge in [0.2, 0.25) is 0 Å². The number of anilines is 1. The quantitative estimate of drug-likeness (QED) is 0.781. The SMILES string of the molecule is CC1(c2cccc(NC(=O)c3ccc(CO)cn3)c2)CCSC(N)=N1. The first-order chi connectivity index (χ1) is 12.0. The van der Waals surface area contributed by atoms with Crippen LogP contribution in [0, 0.1) is 0 Å². The summed E-state index contributed by atoms with van der Waals surface area (Å²) in [4.78, 5) is 21.0. The molecule has 0 bridgehead atoms. The standard InChI is InChI=1S/C18H20N4O2S/c1-18(7-8-25-17(19)22-18)13-3-2-4-14(9-13)21-16(24)15-6-5-12(11-23)10-20-15/h2-6,9-10,23H,7-8,11H2,1H3,(H2,19,22)(H,21,24). The second-order valence-electron chi connectivity index (χ2n) is 6.07. The van der Waals surface area contributed by atoms with Crippen LogP contribution in [0.4, 0.5) is 5.69 Å². The largest absolute Gasteiger partial charge is 0.392 e. The number of benzene rings is 1. The molecule has 1 unspecified atom stereocenters. The summed E-state index contributed by atoms with van der Waals surface area (Å²) in [7, 11) is 0. The minimum Gasteiger partial charge on any atom is -0.392 e. The number of nitrogens with one attached hydrogen (secondary N) is 1. The van der Waals surface area contributed by atoms with E-state index in [-0.39, 0.29) is 18.1 Å². The number of aliphatic imine (C=N–C) groups is 1. The van der Waals surface area contributed by atoms with Crippen molar-refractivity contribution < 1.29 is 9.90 Å². The van der Waals surface area contributed by atoms with Crippen LogP contribution in [-0.4, -0.2) is 26.9 Å². The summed E-state index contributed by atoms with van der Waals surface area (Å²) < 4.78 is 0. The van der Waals surface area contributed by atoms with Crippen molar-refractivity contribution in [1.82, 2.24) is 4.98 Å². The second kappa shape index (κ2) is 7.25. The van der Waals surface area contributed by atoms with Gasteiger partial charge in [0.25, 0.3) is 5.91 Å². The Kier molecular flexibility index (Phi) is 5.06. The first-order valence-corrected chi connectivity index (χ1v) is 8.94. The van der Waals surface area contributed by atoms with Gasteiger partial charge in [-0.05, 0) is 42.7 Å².